The summed E-state index contributed by atoms with van der Waals surface area (Å²) in [4.78, 5) is 27.8. The number of aromatic nitrogens is 1. The Labute approximate surface area is 146 Å². The number of nitrogens with zero attached hydrogens (tertiary/aromatic N) is 1. The molecular weight excluding hydrogens is 372 g/mol. The van der Waals surface area contributed by atoms with E-state index in [1.165, 1.54) is 0 Å². The fourth-order valence-electron chi connectivity index (χ4n) is 2.33. The molecule has 2 N–H and O–H groups in total. The second kappa shape index (κ2) is 6.80. The van der Waals surface area contributed by atoms with E-state index >= 15 is 0 Å². The molecule has 0 radical (unpaired) electrons. The third-order valence-electron chi connectivity index (χ3n) is 3.42. The van der Waals surface area contributed by atoms with Crippen LogP contribution in [0.2, 0.25) is 0 Å². The fourth-order valence-corrected chi connectivity index (χ4v) is 2.59. The number of carbonyl (C=O) groups excluding carboxylic acids is 2. The van der Waals surface area contributed by atoms with Gasteiger partial charge in [-0.25, -0.2) is 9.78 Å². The van der Waals surface area contributed by atoms with Crippen LogP contribution in [0, 0.1) is 0 Å². The number of halogens is 1. The number of amides is 1. The summed E-state index contributed by atoms with van der Waals surface area (Å²) < 4.78 is 5.91. The number of fused-ring (bicyclic) bond motifs is 1. The van der Waals surface area contributed by atoms with E-state index in [4.69, 9.17) is 10.5 Å². The SMILES string of the molecule is NC(=O)COC(=O)c1cc(-c2ccc(Br)cc2)nc2ccccc12. The van der Waals surface area contributed by atoms with Crippen molar-refractivity contribution in [3.05, 3.63) is 64.6 Å². The van der Waals surface area contributed by atoms with Crippen LogP contribution in [0.25, 0.3) is 22.2 Å². The first-order valence-corrected chi connectivity index (χ1v) is 7.95. The zero-order chi connectivity index (χ0) is 17.1. The molecule has 0 spiro atoms. The molecule has 1 aromatic heterocycles. The number of esters is 1. The van der Waals surface area contributed by atoms with Gasteiger partial charge in [0.25, 0.3) is 5.91 Å². The summed E-state index contributed by atoms with van der Waals surface area (Å²) in [5, 5.41) is 0.660. The minimum atomic E-state index is -0.699. The maximum atomic E-state index is 12.3. The molecule has 0 bridgehead atoms. The van der Waals surface area contributed by atoms with Crippen LogP contribution in [0.15, 0.2) is 59.1 Å². The van der Waals surface area contributed by atoms with Crippen molar-refractivity contribution < 1.29 is 14.3 Å². The first-order valence-electron chi connectivity index (χ1n) is 7.16. The van der Waals surface area contributed by atoms with E-state index in [0.29, 0.717) is 22.2 Å². The van der Waals surface area contributed by atoms with Gasteiger partial charge in [-0.1, -0.05) is 46.3 Å². The highest BCUT2D eigenvalue weighted by atomic mass is 79.9. The number of ether oxygens (including phenoxy) is 1. The van der Waals surface area contributed by atoms with Crippen LogP contribution in [0.1, 0.15) is 10.4 Å². The van der Waals surface area contributed by atoms with Crippen molar-refractivity contribution in [3.8, 4) is 11.3 Å². The molecule has 0 aliphatic heterocycles. The summed E-state index contributed by atoms with van der Waals surface area (Å²) in [5.41, 5.74) is 7.56. The lowest BCUT2D eigenvalue weighted by molar-refractivity contribution is -0.121. The van der Waals surface area contributed by atoms with E-state index in [9.17, 15) is 9.59 Å². The molecule has 3 aromatic rings. The number of pyridine rings is 1. The molecule has 24 heavy (non-hydrogen) atoms. The highest BCUT2D eigenvalue weighted by Gasteiger charge is 2.15. The number of carbonyl (C=O) groups is 2. The van der Waals surface area contributed by atoms with Crippen LogP contribution in [0.4, 0.5) is 0 Å². The molecule has 0 saturated heterocycles. The predicted molar refractivity (Wildman–Crippen MR) is 94.4 cm³/mol. The van der Waals surface area contributed by atoms with Gasteiger partial charge in [-0.3, -0.25) is 4.79 Å². The van der Waals surface area contributed by atoms with E-state index in [-0.39, 0.29) is 0 Å². The quantitative estimate of drug-likeness (QED) is 0.699. The van der Waals surface area contributed by atoms with Crippen LogP contribution in [-0.4, -0.2) is 23.5 Å². The van der Waals surface area contributed by atoms with Crippen molar-refractivity contribution in [1.82, 2.24) is 4.98 Å². The van der Waals surface area contributed by atoms with Gasteiger partial charge >= 0.3 is 5.97 Å². The molecule has 0 aliphatic carbocycles. The van der Waals surface area contributed by atoms with Gasteiger partial charge < -0.3 is 10.5 Å². The molecule has 120 valence electrons. The average Bonchev–Trinajstić information content (AvgIpc) is 2.59. The number of hydrogen-bond donors (Lipinski definition) is 1. The van der Waals surface area contributed by atoms with Crippen molar-refractivity contribution in [2.75, 3.05) is 6.61 Å². The summed E-state index contributed by atoms with van der Waals surface area (Å²) in [5.74, 6) is -1.30. The first kappa shape index (κ1) is 16.1. The molecule has 2 aromatic carbocycles. The van der Waals surface area contributed by atoms with Crippen LogP contribution in [-0.2, 0) is 9.53 Å². The molecule has 0 aliphatic rings. The maximum Gasteiger partial charge on any atom is 0.339 e. The zero-order valence-corrected chi connectivity index (χ0v) is 14.1. The normalized spacial score (nSPS) is 10.5. The average molecular weight is 385 g/mol. The van der Waals surface area contributed by atoms with E-state index in [1.54, 1.807) is 12.1 Å². The maximum absolute atomic E-state index is 12.3. The van der Waals surface area contributed by atoms with Gasteiger partial charge in [0.15, 0.2) is 6.61 Å². The van der Waals surface area contributed by atoms with E-state index in [1.807, 2.05) is 42.5 Å². The molecule has 0 unspecified atom stereocenters. The van der Waals surface area contributed by atoms with Crippen LogP contribution >= 0.6 is 15.9 Å². The summed E-state index contributed by atoms with van der Waals surface area (Å²) in [6, 6.07) is 16.5. The Kier molecular flexibility index (Phi) is 4.57. The second-order valence-corrected chi connectivity index (χ2v) is 6.04. The lowest BCUT2D eigenvalue weighted by Crippen LogP contribution is -2.21. The van der Waals surface area contributed by atoms with Crippen LogP contribution in [0.5, 0.6) is 0 Å². The number of primary amides is 1. The Balaban J connectivity index is 2.10. The second-order valence-electron chi connectivity index (χ2n) is 5.12. The van der Waals surface area contributed by atoms with Crippen LogP contribution < -0.4 is 5.73 Å². The molecule has 1 amide bonds. The lowest BCUT2D eigenvalue weighted by atomic mass is 10.0. The summed E-state index contributed by atoms with van der Waals surface area (Å²) >= 11 is 3.39. The molecule has 0 atom stereocenters. The Morgan fingerprint density at radius 2 is 1.79 bits per heavy atom. The van der Waals surface area contributed by atoms with Gasteiger partial charge in [0.05, 0.1) is 16.8 Å². The predicted octanol–water partition coefficient (Wildman–Crippen LogP) is 3.31. The van der Waals surface area contributed by atoms with Crippen molar-refractivity contribution >= 4 is 38.7 Å². The highest BCUT2D eigenvalue weighted by Crippen LogP contribution is 2.26. The molecule has 3 rings (SSSR count). The summed E-state index contributed by atoms with van der Waals surface area (Å²) in [7, 11) is 0. The summed E-state index contributed by atoms with van der Waals surface area (Å²) in [6.45, 7) is -0.455. The van der Waals surface area contributed by atoms with E-state index < -0.39 is 18.5 Å². The van der Waals surface area contributed by atoms with Crippen molar-refractivity contribution in [2.45, 2.75) is 0 Å². The first-order chi connectivity index (χ1) is 11.5. The van der Waals surface area contributed by atoms with Crippen molar-refractivity contribution in [3.63, 3.8) is 0 Å². The highest BCUT2D eigenvalue weighted by molar-refractivity contribution is 9.10. The molecule has 1 heterocycles. The third-order valence-corrected chi connectivity index (χ3v) is 3.95. The number of benzene rings is 2. The molecule has 6 heteroatoms. The Morgan fingerprint density at radius 3 is 2.50 bits per heavy atom. The Morgan fingerprint density at radius 1 is 1.08 bits per heavy atom. The minimum Gasteiger partial charge on any atom is -0.452 e. The van der Waals surface area contributed by atoms with Gasteiger partial charge in [0.1, 0.15) is 0 Å². The zero-order valence-electron chi connectivity index (χ0n) is 12.5. The molecule has 0 saturated carbocycles. The Hall–Kier alpha value is -2.73. The van der Waals surface area contributed by atoms with Gasteiger partial charge in [-0.2, -0.15) is 0 Å². The van der Waals surface area contributed by atoms with Crippen molar-refractivity contribution in [1.29, 1.82) is 0 Å². The summed E-state index contributed by atoms with van der Waals surface area (Å²) in [6.07, 6.45) is 0. The largest absolute Gasteiger partial charge is 0.452 e. The number of rotatable bonds is 4. The molecular formula is C18H13BrN2O3. The molecule has 0 fully saturated rings. The third kappa shape index (κ3) is 3.44. The van der Waals surface area contributed by atoms with Crippen molar-refractivity contribution in [2.24, 2.45) is 5.73 Å². The van der Waals surface area contributed by atoms with Gasteiger partial charge in [0, 0.05) is 15.4 Å². The van der Waals surface area contributed by atoms with E-state index in [2.05, 4.69) is 20.9 Å². The number of hydrogen-bond acceptors (Lipinski definition) is 4. The smallest absolute Gasteiger partial charge is 0.339 e. The number of nitrogens with two attached hydrogens (primary N) is 1. The minimum absolute atomic E-state index is 0.347. The standard InChI is InChI=1S/C18H13BrN2O3/c19-12-7-5-11(6-8-12)16-9-14(18(23)24-10-17(20)22)13-3-1-2-4-15(13)21-16/h1-9H,10H2,(H2,20,22). The van der Waals surface area contributed by atoms with E-state index in [0.717, 1.165) is 10.0 Å². The topological polar surface area (TPSA) is 82.3 Å². The molecule has 5 nitrogen and oxygen atoms in total. The number of para-hydroxylation sites is 1. The lowest BCUT2D eigenvalue weighted by Gasteiger charge is -2.09. The van der Waals surface area contributed by atoms with Gasteiger partial charge in [0.2, 0.25) is 0 Å². The van der Waals surface area contributed by atoms with Crippen LogP contribution in [0.3, 0.4) is 0 Å². The van der Waals surface area contributed by atoms with Gasteiger partial charge in [-0.05, 0) is 24.3 Å². The Bertz CT molecular complexity index is 923. The monoisotopic (exact) mass is 384 g/mol. The van der Waals surface area contributed by atoms with Gasteiger partial charge in [-0.15, -0.1) is 0 Å². The fraction of sp³-hybridized carbons (Fsp3) is 0.0556.